The Morgan fingerprint density at radius 3 is 2.78 bits per heavy atom. The van der Waals surface area contributed by atoms with Crippen LogP contribution in [0.3, 0.4) is 0 Å². The Hall–Kier alpha value is -1.35. The van der Waals surface area contributed by atoms with Crippen LogP contribution in [0.25, 0.3) is 0 Å². The topological polar surface area (TPSA) is 40.5 Å². The van der Waals surface area contributed by atoms with Crippen LogP contribution in [-0.4, -0.2) is 17.6 Å². The van der Waals surface area contributed by atoms with E-state index in [1.54, 1.807) is 0 Å². The van der Waals surface area contributed by atoms with Crippen molar-refractivity contribution in [2.45, 2.75) is 38.7 Å². The van der Waals surface area contributed by atoms with Gasteiger partial charge in [0.2, 0.25) is 5.91 Å². The molecule has 1 saturated carbocycles. The molecule has 18 heavy (non-hydrogen) atoms. The molecular formula is C15H19NO2. The van der Waals surface area contributed by atoms with E-state index in [1.807, 2.05) is 30.0 Å². The van der Waals surface area contributed by atoms with Gasteiger partial charge in [0.1, 0.15) is 0 Å². The van der Waals surface area contributed by atoms with Crippen LogP contribution in [0.5, 0.6) is 0 Å². The lowest BCUT2D eigenvalue weighted by Gasteiger charge is -2.37. The summed E-state index contributed by atoms with van der Waals surface area (Å²) in [7, 11) is 0. The average molecular weight is 245 g/mol. The summed E-state index contributed by atoms with van der Waals surface area (Å²) in [5.41, 5.74) is 2.95. The van der Waals surface area contributed by atoms with Crippen molar-refractivity contribution < 1.29 is 9.90 Å². The van der Waals surface area contributed by atoms with Crippen LogP contribution in [-0.2, 0) is 4.79 Å². The summed E-state index contributed by atoms with van der Waals surface area (Å²) in [6, 6.07) is 5.90. The molecule has 1 aromatic rings. The number of aliphatic hydroxyl groups excluding tert-OH is 1. The minimum atomic E-state index is -0.426. The molecule has 96 valence electrons. The lowest BCUT2D eigenvalue weighted by atomic mass is 9.83. The molecule has 1 aliphatic heterocycles. The van der Waals surface area contributed by atoms with Gasteiger partial charge in [-0.05, 0) is 31.7 Å². The molecule has 3 heteroatoms. The van der Waals surface area contributed by atoms with E-state index in [0.717, 1.165) is 29.7 Å². The zero-order valence-corrected chi connectivity index (χ0v) is 10.7. The maximum Gasteiger partial charge on any atom is 0.230 e. The van der Waals surface area contributed by atoms with Gasteiger partial charge in [-0.25, -0.2) is 0 Å². The van der Waals surface area contributed by atoms with Crippen molar-refractivity contribution in [1.82, 2.24) is 0 Å². The largest absolute Gasteiger partial charge is 0.388 e. The van der Waals surface area contributed by atoms with Crippen molar-refractivity contribution in [3.05, 3.63) is 29.3 Å². The third-order valence-corrected chi connectivity index (χ3v) is 4.24. The second-order valence-corrected chi connectivity index (χ2v) is 5.43. The summed E-state index contributed by atoms with van der Waals surface area (Å²) in [6.45, 7) is 2.66. The summed E-state index contributed by atoms with van der Waals surface area (Å²) in [4.78, 5) is 14.4. The fourth-order valence-electron chi connectivity index (χ4n) is 2.93. The number of rotatable bonds is 1. The first-order valence-corrected chi connectivity index (χ1v) is 6.77. The Morgan fingerprint density at radius 1 is 1.33 bits per heavy atom. The van der Waals surface area contributed by atoms with Crippen molar-refractivity contribution in [2.75, 3.05) is 11.4 Å². The molecule has 1 aliphatic carbocycles. The van der Waals surface area contributed by atoms with E-state index < -0.39 is 6.10 Å². The molecule has 0 spiro atoms. The number of para-hydroxylation sites is 1. The molecule has 1 fully saturated rings. The summed E-state index contributed by atoms with van der Waals surface area (Å²) in [5, 5.41) is 10.1. The van der Waals surface area contributed by atoms with Gasteiger partial charge in [0.25, 0.3) is 0 Å². The molecule has 1 atom stereocenters. The highest BCUT2D eigenvalue weighted by Gasteiger charge is 2.34. The van der Waals surface area contributed by atoms with Gasteiger partial charge in [-0.2, -0.15) is 0 Å². The first-order valence-electron chi connectivity index (χ1n) is 6.77. The second-order valence-electron chi connectivity index (χ2n) is 5.43. The maximum atomic E-state index is 12.4. The summed E-state index contributed by atoms with van der Waals surface area (Å²) in [6.07, 6.45) is 3.45. The van der Waals surface area contributed by atoms with Crippen molar-refractivity contribution in [1.29, 1.82) is 0 Å². The van der Waals surface area contributed by atoms with Crippen LogP contribution >= 0.6 is 0 Å². The van der Waals surface area contributed by atoms with Gasteiger partial charge >= 0.3 is 0 Å². The Labute approximate surface area is 107 Å². The standard InChI is InChI=1S/C15H19NO2/c1-10-4-2-7-12-13(17)8-9-16(14(10)12)15(18)11-5-3-6-11/h2,4,7,11,13,17H,3,5-6,8-9H2,1H3. The molecule has 0 bridgehead atoms. The molecule has 0 aromatic heterocycles. The van der Waals surface area contributed by atoms with Crippen LogP contribution in [0.4, 0.5) is 5.69 Å². The first-order chi connectivity index (χ1) is 8.68. The Balaban J connectivity index is 1.98. The number of hydrogen-bond donors (Lipinski definition) is 1. The quantitative estimate of drug-likeness (QED) is 0.826. The second kappa shape index (κ2) is 4.39. The highest BCUT2D eigenvalue weighted by Crippen LogP contribution is 2.39. The van der Waals surface area contributed by atoms with Gasteiger partial charge in [0.05, 0.1) is 11.8 Å². The number of carbonyl (C=O) groups is 1. The Bertz CT molecular complexity index is 479. The van der Waals surface area contributed by atoms with Crippen LogP contribution in [0.1, 0.15) is 42.9 Å². The molecule has 3 nitrogen and oxygen atoms in total. The van der Waals surface area contributed by atoms with Crippen LogP contribution in [0.2, 0.25) is 0 Å². The minimum Gasteiger partial charge on any atom is -0.388 e. The zero-order chi connectivity index (χ0) is 12.7. The van der Waals surface area contributed by atoms with Gasteiger partial charge in [-0.3, -0.25) is 4.79 Å². The molecule has 2 aliphatic rings. The van der Waals surface area contributed by atoms with E-state index in [-0.39, 0.29) is 11.8 Å². The zero-order valence-electron chi connectivity index (χ0n) is 10.7. The summed E-state index contributed by atoms with van der Waals surface area (Å²) >= 11 is 0. The minimum absolute atomic E-state index is 0.215. The number of aryl methyl sites for hydroxylation is 1. The van der Waals surface area contributed by atoms with Crippen LogP contribution < -0.4 is 4.90 Å². The third-order valence-electron chi connectivity index (χ3n) is 4.24. The van der Waals surface area contributed by atoms with E-state index in [4.69, 9.17) is 0 Å². The third kappa shape index (κ3) is 1.74. The molecule has 3 rings (SSSR count). The molecule has 1 amide bonds. The molecule has 1 unspecified atom stereocenters. The van der Waals surface area contributed by atoms with E-state index in [2.05, 4.69) is 0 Å². The fourth-order valence-corrected chi connectivity index (χ4v) is 2.93. The van der Waals surface area contributed by atoms with Gasteiger partial charge in [-0.15, -0.1) is 0 Å². The Kier molecular flexibility index (Phi) is 2.86. The number of hydrogen-bond acceptors (Lipinski definition) is 2. The predicted octanol–water partition coefficient (Wildman–Crippen LogP) is 2.57. The van der Waals surface area contributed by atoms with E-state index in [9.17, 15) is 9.90 Å². The molecule has 1 aromatic carbocycles. The van der Waals surface area contributed by atoms with Crippen LogP contribution in [0.15, 0.2) is 18.2 Å². The number of carbonyl (C=O) groups excluding carboxylic acids is 1. The van der Waals surface area contributed by atoms with Gasteiger partial charge < -0.3 is 10.0 Å². The molecule has 1 N–H and O–H groups in total. The highest BCUT2D eigenvalue weighted by atomic mass is 16.3. The van der Waals surface area contributed by atoms with E-state index in [1.165, 1.54) is 6.42 Å². The van der Waals surface area contributed by atoms with Gasteiger partial charge in [0, 0.05) is 18.0 Å². The number of amides is 1. The number of nitrogens with zero attached hydrogens (tertiary/aromatic N) is 1. The highest BCUT2D eigenvalue weighted by molar-refractivity contribution is 5.97. The maximum absolute atomic E-state index is 12.4. The normalized spacial score (nSPS) is 23.4. The summed E-state index contributed by atoms with van der Waals surface area (Å²) in [5.74, 6) is 0.469. The van der Waals surface area contributed by atoms with E-state index >= 15 is 0 Å². The number of fused-ring (bicyclic) bond motifs is 1. The fraction of sp³-hybridized carbons (Fsp3) is 0.533. The smallest absolute Gasteiger partial charge is 0.230 e. The lowest BCUT2D eigenvalue weighted by molar-refractivity contribution is -0.124. The van der Waals surface area contributed by atoms with Crippen molar-refractivity contribution >= 4 is 11.6 Å². The first kappa shape index (κ1) is 11.7. The van der Waals surface area contributed by atoms with Crippen molar-refractivity contribution in [2.24, 2.45) is 5.92 Å². The molecule has 0 radical (unpaired) electrons. The van der Waals surface area contributed by atoms with Crippen molar-refractivity contribution in [3.63, 3.8) is 0 Å². The van der Waals surface area contributed by atoms with Crippen molar-refractivity contribution in [3.8, 4) is 0 Å². The SMILES string of the molecule is Cc1cccc2c1N(C(=O)C1CCC1)CCC2O. The van der Waals surface area contributed by atoms with Gasteiger partial charge in [-0.1, -0.05) is 24.6 Å². The molecule has 1 heterocycles. The Morgan fingerprint density at radius 2 is 2.11 bits per heavy atom. The number of aliphatic hydroxyl groups is 1. The summed E-state index contributed by atoms with van der Waals surface area (Å²) < 4.78 is 0. The lowest BCUT2D eigenvalue weighted by Crippen LogP contribution is -2.42. The van der Waals surface area contributed by atoms with Crippen LogP contribution in [0, 0.1) is 12.8 Å². The molecule has 0 saturated heterocycles. The predicted molar refractivity (Wildman–Crippen MR) is 70.4 cm³/mol. The van der Waals surface area contributed by atoms with E-state index in [0.29, 0.717) is 13.0 Å². The number of anilines is 1. The van der Waals surface area contributed by atoms with Gasteiger partial charge in [0.15, 0.2) is 0 Å². The number of benzene rings is 1. The monoisotopic (exact) mass is 245 g/mol. The average Bonchev–Trinajstić information content (AvgIpc) is 2.28. The molecular weight excluding hydrogens is 226 g/mol.